The zero-order valence-corrected chi connectivity index (χ0v) is 9.34. The van der Waals surface area contributed by atoms with E-state index in [4.69, 9.17) is 0 Å². The van der Waals surface area contributed by atoms with Crippen molar-refractivity contribution in [3.63, 3.8) is 0 Å². The molecule has 66 valence electrons. The first kappa shape index (κ1) is 9.77. The van der Waals surface area contributed by atoms with Crippen LogP contribution in [-0.4, -0.2) is 9.97 Å². The van der Waals surface area contributed by atoms with Gasteiger partial charge in [0.1, 0.15) is 5.82 Å². The Hall–Kier alpha value is -0.320. The van der Waals surface area contributed by atoms with Crippen LogP contribution in [0.5, 0.6) is 0 Å². The Balaban J connectivity index is 2.36. The molecule has 0 fully saturated rings. The van der Waals surface area contributed by atoms with Crippen LogP contribution >= 0.6 is 22.6 Å². The molecule has 1 rings (SSSR count). The first-order valence-corrected chi connectivity index (χ1v) is 5.28. The highest BCUT2D eigenvalue weighted by molar-refractivity contribution is 14.1. The zero-order valence-electron chi connectivity index (χ0n) is 7.18. The summed E-state index contributed by atoms with van der Waals surface area (Å²) in [6.07, 6.45) is 9.69. The molecular formula is C9H13IN2. The monoisotopic (exact) mass is 276 g/mol. The summed E-state index contributed by atoms with van der Waals surface area (Å²) in [5.41, 5.74) is 0. The van der Waals surface area contributed by atoms with Crippen molar-refractivity contribution in [3.05, 3.63) is 21.8 Å². The van der Waals surface area contributed by atoms with E-state index in [1.165, 1.54) is 12.8 Å². The number of aromatic amines is 1. The van der Waals surface area contributed by atoms with Crippen molar-refractivity contribution in [1.82, 2.24) is 9.97 Å². The summed E-state index contributed by atoms with van der Waals surface area (Å²) in [5.74, 6) is 0.954. The molecule has 0 bridgehead atoms. The molecule has 1 N–H and O–H groups in total. The molecule has 0 aliphatic heterocycles. The van der Waals surface area contributed by atoms with E-state index in [2.05, 4.69) is 45.6 Å². The van der Waals surface area contributed by atoms with Crippen molar-refractivity contribution in [2.24, 2.45) is 0 Å². The van der Waals surface area contributed by atoms with Gasteiger partial charge < -0.3 is 4.98 Å². The maximum atomic E-state index is 4.16. The molecule has 0 atom stereocenters. The first-order valence-electron chi connectivity index (χ1n) is 4.20. The predicted molar refractivity (Wildman–Crippen MR) is 59.9 cm³/mol. The molecule has 0 spiro atoms. The smallest absolute Gasteiger partial charge is 0.130 e. The number of imidazole rings is 1. The van der Waals surface area contributed by atoms with Gasteiger partial charge in [0.15, 0.2) is 0 Å². The van der Waals surface area contributed by atoms with Crippen LogP contribution in [0.25, 0.3) is 6.08 Å². The van der Waals surface area contributed by atoms with Gasteiger partial charge in [-0.15, -0.1) is 0 Å². The van der Waals surface area contributed by atoms with E-state index in [-0.39, 0.29) is 0 Å². The van der Waals surface area contributed by atoms with E-state index in [0.717, 1.165) is 15.9 Å². The number of hydrogen-bond donors (Lipinski definition) is 1. The highest BCUT2D eigenvalue weighted by atomic mass is 127. The standard InChI is InChI=1S/C9H13IN2/c1-2-3-4-5-6-9-11-7-8(10)12-9/h5-7H,2-4H2,1H3,(H,11,12). The summed E-state index contributed by atoms with van der Waals surface area (Å²) in [7, 11) is 0. The summed E-state index contributed by atoms with van der Waals surface area (Å²) in [6.45, 7) is 2.20. The molecule has 2 nitrogen and oxygen atoms in total. The quantitative estimate of drug-likeness (QED) is 0.664. The number of unbranched alkanes of at least 4 members (excludes halogenated alkanes) is 2. The third-order valence-corrected chi connectivity index (χ3v) is 2.11. The number of rotatable bonds is 4. The number of halogens is 1. The van der Waals surface area contributed by atoms with Crippen LogP contribution in [-0.2, 0) is 0 Å². The van der Waals surface area contributed by atoms with Gasteiger partial charge in [0.05, 0.1) is 9.90 Å². The molecule has 0 aromatic carbocycles. The molecule has 0 saturated carbocycles. The number of allylic oxidation sites excluding steroid dienone is 1. The van der Waals surface area contributed by atoms with Crippen molar-refractivity contribution in [1.29, 1.82) is 0 Å². The van der Waals surface area contributed by atoms with E-state index in [0.29, 0.717) is 0 Å². The van der Waals surface area contributed by atoms with E-state index in [1.54, 1.807) is 0 Å². The van der Waals surface area contributed by atoms with Gasteiger partial charge in [-0.25, -0.2) is 4.98 Å². The minimum Gasteiger partial charge on any atom is -0.334 e. The van der Waals surface area contributed by atoms with Crippen molar-refractivity contribution < 1.29 is 0 Å². The largest absolute Gasteiger partial charge is 0.334 e. The van der Waals surface area contributed by atoms with Gasteiger partial charge in [-0.2, -0.15) is 0 Å². The lowest BCUT2D eigenvalue weighted by atomic mass is 10.2. The lowest BCUT2D eigenvalue weighted by molar-refractivity contribution is 0.816. The van der Waals surface area contributed by atoms with Crippen LogP contribution in [0, 0.1) is 3.70 Å². The van der Waals surface area contributed by atoms with Crippen LogP contribution in [0.4, 0.5) is 0 Å². The summed E-state index contributed by atoms with van der Waals surface area (Å²) in [4.78, 5) is 7.31. The fraction of sp³-hybridized carbons (Fsp3) is 0.444. The van der Waals surface area contributed by atoms with Gasteiger partial charge >= 0.3 is 0 Å². The third-order valence-electron chi connectivity index (χ3n) is 1.56. The maximum Gasteiger partial charge on any atom is 0.130 e. The SMILES string of the molecule is CCCCC=Cc1ncc(I)[nH]1. The van der Waals surface area contributed by atoms with Gasteiger partial charge in [0.2, 0.25) is 0 Å². The number of nitrogens with one attached hydrogen (secondary N) is 1. The Kier molecular flexibility index (Phi) is 4.35. The summed E-state index contributed by atoms with van der Waals surface area (Å²) in [6, 6.07) is 0. The van der Waals surface area contributed by atoms with Gasteiger partial charge in [-0.05, 0) is 35.1 Å². The third kappa shape index (κ3) is 3.38. The molecule has 0 amide bonds. The molecule has 0 aliphatic rings. The second-order valence-electron chi connectivity index (χ2n) is 2.66. The molecule has 12 heavy (non-hydrogen) atoms. The minimum atomic E-state index is 0.954. The van der Waals surface area contributed by atoms with Crippen LogP contribution in [0.15, 0.2) is 12.3 Å². The molecule has 3 heteroatoms. The highest BCUT2D eigenvalue weighted by Crippen LogP contribution is 2.03. The summed E-state index contributed by atoms with van der Waals surface area (Å²) in [5, 5.41) is 0. The predicted octanol–water partition coefficient (Wildman–Crippen LogP) is 3.22. The number of H-pyrrole nitrogens is 1. The lowest BCUT2D eigenvalue weighted by Gasteiger charge is -1.87. The second kappa shape index (κ2) is 5.35. The molecule has 0 saturated heterocycles. The van der Waals surface area contributed by atoms with Crippen molar-refractivity contribution >= 4 is 28.7 Å². The van der Waals surface area contributed by atoms with Gasteiger partial charge in [0, 0.05) is 0 Å². The van der Waals surface area contributed by atoms with E-state index < -0.39 is 0 Å². The molecule has 0 unspecified atom stereocenters. The average Bonchev–Trinajstić information content (AvgIpc) is 2.45. The van der Waals surface area contributed by atoms with E-state index in [9.17, 15) is 0 Å². The summed E-state index contributed by atoms with van der Waals surface area (Å²) >= 11 is 2.22. The highest BCUT2D eigenvalue weighted by Gasteiger charge is 1.90. The first-order chi connectivity index (χ1) is 5.83. The van der Waals surface area contributed by atoms with Crippen molar-refractivity contribution in [2.75, 3.05) is 0 Å². The van der Waals surface area contributed by atoms with Gasteiger partial charge in [0.25, 0.3) is 0 Å². The zero-order chi connectivity index (χ0) is 8.81. The number of nitrogens with zero attached hydrogens (tertiary/aromatic N) is 1. The lowest BCUT2D eigenvalue weighted by Crippen LogP contribution is -1.74. The Morgan fingerprint density at radius 1 is 1.67 bits per heavy atom. The number of hydrogen-bond acceptors (Lipinski definition) is 1. The Bertz CT molecular complexity index is 253. The number of aromatic nitrogens is 2. The molecule has 1 aromatic rings. The topological polar surface area (TPSA) is 28.7 Å². The molecule has 0 aliphatic carbocycles. The van der Waals surface area contributed by atoms with Gasteiger partial charge in [-0.1, -0.05) is 25.8 Å². The van der Waals surface area contributed by atoms with Crippen molar-refractivity contribution in [3.8, 4) is 0 Å². The van der Waals surface area contributed by atoms with Gasteiger partial charge in [-0.3, -0.25) is 0 Å². The second-order valence-corrected chi connectivity index (χ2v) is 3.82. The van der Waals surface area contributed by atoms with Crippen molar-refractivity contribution in [2.45, 2.75) is 26.2 Å². The van der Waals surface area contributed by atoms with Crippen LogP contribution in [0.3, 0.4) is 0 Å². The Labute approximate surface area is 86.6 Å². The Morgan fingerprint density at radius 3 is 3.08 bits per heavy atom. The maximum absolute atomic E-state index is 4.16. The molecular weight excluding hydrogens is 263 g/mol. The fourth-order valence-electron chi connectivity index (χ4n) is 0.915. The van der Waals surface area contributed by atoms with Crippen LogP contribution in [0.1, 0.15) is 32.0 Å². The minimum absolute atomic E-state index is 0.954. The normalized spacial score (nSPS) is 11.2. The van der Waals surface area contributed by atoms with Crippen LogP contribution < -0.4 is 0 Å². The average molecular weight is 276 g/mol. The van der Waals surface area contributed by atoms with Crippen LogP contribution in [0.2, 0.25) is 0 Å². The Morgan fingerprint density at radius 2 is 2.50 bits per heavy atom. The van der Waals surface area contributed by atoms with E-state index in [1.807, 2.05) is 12.3 Å². The molecule has 1 heterocycles. The molecule has 1 aromatic heterocycles. The summed E-state index contributed by atoms with van der Waals surface area (Å²) < 4.78 is 1.09. The van der Waals surface area contributed by atoms with E-state index >= 15 is 0 Å². The fourth-order valence-corrected chi connectivity index (χ4v) is 1.33. The molecule has 0 radical (unpaired) electrons.